The SMILES string of the molecule is CC(C)[C@H](NC(=O)c1cccs1)C(=O)OCC(=O)Nc1ccc(C(N)=O)cc1. The number of carbonyl (C=O) groups excluding carboxylic acids is 4. The topological polar surface area (TPSA) is 128 Å². The molecule has 2 aromatic rings. The van der Waals surface area contributed by atoms with E-state index >= 15 is 0 Å². The van der Waals surface area contributed by atoms with E-state index < -0.39 is 30.4 Å². The molecule has 2 rings (SSSR count). The van der Waals surface area contributed by atoms with Crippen LogP contribution < -0.4 is 16.4 Å². The predicted octanol–water partition coefficient (Wildman–Crippen LogP) is 1.78. The molecular weight excluding hydrogens is 382 g/mol. The first-order valence-corrected chi connectivity index (χ1v) is 9.36. The molecule has 28 heavy (non-hydrogen) atoms. The molecule has 1 heterocycles. The Morgan fingerprint density at radius 3 is 2.32 bits per heavy atom. The van der Waals surface area contributed by atoms with Crippen LogP contribution in [-0.4, -0.2) is 36.3 Å². The van der Waals surface area contributed by atoms with E-state index in [2.05, 4.69) is 10.6 Å². The molecule has 0 radical (unpaired) electrons. The Bertz CT molecular complexity index is 847. The number of carbonyl (C=O) groups is 4. The van der Waals surface area contributed by atoms with Gasteiger partial charge in [0.1, 0.15) is 6.04 Å². The molecule has 148 valence electrons. The zero-order valence-electron chi connectivity index (χ0n) is 15.4. The van der Waals surface area contributed by atoms with Gasteiger partial charge in [-0.3, -0.25) is 14.4 Å². The van der Waals surface area contributed by atoms with Gasteiger partial charge in [0.05, 0.1) is 4.88 Å². The van der Waals surface area contributed by atoms with Gasteiger partial charge >= 0.3 is 5.97 Å². The first-order valence-electron chi connectivity index (χ1n) is 8.48. The maximum atomic E-state index is 12.3. The Labute approximate surface area is 166 Å². The summed E-state index contributed by atoms with van der Waals surface area (Å²) in [7, 11) is 0. The fourth-order valence-corrected chi connectivity index (χ4v) is 2.89. The van der Waals surface area contributed by atoms with Crippen molar-refractivity contribution in [2.75, 3.05) is 11.9 Å². The highest BCUT2D eigenvalue weighted by Gasteiger charge is 2.27. The van der Waals surface area contributed by atoms with Crippen molar-refractivity contribution in [1.29, 1.82) is 0 Å². The zero-order valence-corrected chi connectivity index (χ0v) is 16.2. The van der Waals surface area contributed by atoms with Gasteiger partial charge in [0.15, 0.2) is 6.61 Å². The number of thiophene rings is 1. The van der Waals surface area contributed by atoms with Crippen molar-refractivity contribution in [3.05, 3.63) is 52.2 Å². The number of esters is 1. The highest BCUT2D eigenvalue weighted by atomic mass is 32.1. The second kappa shape index (κ2) is 9.65. The number of primary amides is 1. The van der Waals surface area contributed by atoms with Crippen molar-refractivity contribution in [2.45, 2.75) is 19.9 Å². The van der Waals surface area contributed by atoms with Gasteiger partial charge < -0.3 is 21.1 Å². The number of hydrogen-bond donors (Lipinski definition) is 3. The fraction of sp³-hybridized carbons (Fsp3) is 0.263. The molecule has 0 aliphatic heterocycles. The van der Waals surface area contributed by atoms with E-state index in [4.69, 9.17) is 10.5 Å². The number of hydrogen-bond acceptors (Lipinski definition) is 6. The Morgan fingerprint density at radius 2 is 1.79 bits per heavy atom. The van der Waals surface area contributed by atoms with Crippen LogP contribution in [0.2, 0.25) is 0 Å². The fourth-order valence-electron chi connectivity index (χ4n) is 2.26. The summed E-state index contributed by atoms with van der Waals surface area (Å²) in [5, 5.41) is 6.93. The molecule has 0 spiro atoms. The minimum atomic E-state index is -0.878. The molecule has 1 aromatic carbocycles. The van der Waals surface area contributed by atoms with Crippen LogP contribution in [0.4, 0.5) is 5.69 Å². The van der Waals surface area contributed by atoms with Crippen molar-refractivity contribution in [1.82, 2.24) is 5.32 Å². The van der Waals surface area contributed by atoms with Gasteiger partial charge in [-0.2, -0.15) is 0 Å². The third-order valence-electron chi connectivity index (χ3n) is 3.75. The summed E-state index contributed by atoms with van der Waals surface area (Å²) in [5.74, 6) is -2.41. The first kappa shape index (κ1) is 21.1. The van der Waals surface area contributed by atoms with Crippen molar-refractivity contribution in [3.63, 3.8) is 0 Å². The van der Waals surface area contributed by atoms with Crippen LogP contribution in [0.1, 0.15) is 33.9 Å². The number of nitrogens with one attached hydrogen (secondary N) is 2. The lowest BCUT2D eigenvalue weighted by Crippen LogP contribution is -2.45. The lowest BCUT2D eigenvalue weighted by atomic mass is 10.0. The van der Waals surface area contributed by atoms with Crippen LogP contribution in [0.3, 0.4) is 0 Å². The molecule has 0 aliphatic carbocycles. The van der Waals surface area contributed by atoms with Gasteiger partial charge in [0, 0.05) is 11.3 Å². The van der Waals surface area contributed by atoms with Crippen LogP contribution in [0.5, 0.6) is 0 Å². The highest BCUT2D eigenvalue weighted by molar-refractivity contribution is 7.12. The number of rotatable bonds is 8. The summed E-state index contributed by atoms with van der Waals surface area (Å²) >= 11 is 1.26. The maximum absolute atomic E-state index is 12.3. The first-order chi connectivity index (χ1) is 13.3. The van der Waals surface area contributed by atoms with Crippen molar-refractivity contribution < 1.29 is 23.9 Å². The standard InChI is InChI=1S/C19H21N3O5S/c1-11(2)16(22-18(25)14-4-3-9-28-14)19(26)27-10-15(23)21-13-7-5-12(6-8-13)17(20)24/h3-9,11,16H,10H2,1-2H3,(H2,20,24)(H,21,23)(H,22,25)/t16-/m0/s1. The number of nitrogens with two attached hydrogens (primary N) is 1. The van der Waals surface area contributed by atoms with Gasteiger partial charge in [0.25, 0.3) is 11.8 Å². The average molecular weight is 403 g/mol. The van der Waals surface area contributed by atoms with Crippen LogP contribution >= 0.6 is 11.3 Å². The molecule has 0 unspecified atom stereocenters. The van der Waals surface area contributed by atoms with Gasteiger partial charge in [-0.15, -0.1) is 11.3 Å². The molecule has 0 fully saturated rings. The monoisotopic (exact) mass is 403 g/mol. The van der Waals surface area contributed by atoms with Crippen molar-refractivity contribution in [2.24, 2.45) is 11.7 Å². The normalized spacial score (nSPS) is 11.5. The lowest BCUT2D eigenvalue weighted by molar-refractivity contribution is -0.150. The van der Waals surface area contributed by atoms with Crippen LogP contribution in [0.15, 0.2) is 41.8 Å². The lowest BCUT2D eigenvalue weighted by Gasteiger charge is -2.20. The van der Waals surface area contributed by atoms with E-state index in [0.717, 1.165) is 0 Å². The third kappa shape index (κ3) is 5.92. The predicted molar refractivity (Wildman–Crippen MR) is 105 cm³/mol. The van der Waals surface area contributed by atoms with E-state index in [1.807, 2.05) is 0 Å². The molecule has 0 saturated carbocycles. The smallest absolute Gasteiger partial charge is 0.329 e. The number of benzene rings is 1. The van der Waals surface area contributed by atoms with E-state index in [0.29, 0.717) is 16.1 Å². The summed E-state index contributed by atoms with van der Waals surface area (Å²) in [5.41, 5.74) is 5.89. The summed E-state index contributed by atoms with van der Waals surface area (Å²) < 4.78 is 5.04. The molecule has 0 saturated heterocycles. The van der Waals surface area contributed by atoms with Gasteiger partial charge in [0.2, 0.25) is 5.91 Å². The zero-order chi connectivity index (χ0) is 20.7. The van der Waals surface area contributed by atoms with E-state index in [1.165, 1.54) is 35.6 Å². The van der Waals surface area contributed by atoms with Gasteiger partial charge in [-0.1, -0.05) is 19.9 Å². The van der Waals surface area contributed by atoms with Crippen LogP contribution in [0.25, 0.3) is 0 Å². The van der Waals surface area contributed by atoms with E-state index in [9.17, 15) is 19.2 Å². The molecular formula is C19H21N3O5S. The largest absolute Gasteiger partial charge is 0.454 e. The summed E-state index contributed by atoms with van der Waals surface area (Å²) in [4.78, 5) is 47.9. The molecule has 1 atom stereocenters. The van der Waals surface area contributed by atoms with Crippen molar-refractivity contribution in [3.8, 4) is 0 Å². The summed E-state index contributed by atoms with van der Waals surface area (Å²) in [6.07, 6.45) is 0. The molecule has 0 aliphatic rings. The summed E-state index contributed by atoms with van der Waals surface area (Å²) in [6.45, 7) is 3.02. The van der Waals surface area contributed by atoms with Crippen LogP contribution in [0, 0.1) is 5.92 Å². The van der Waals surface area contributed by atoms with E-state index in [-0.39, 0.29) is 11.8 Å². The Morgan fingerprint density at radius 1 is 1.11 bits per heavy atom. The molecule has 4 N–H and O–H groups in total. The van der Waals surface area contributed by atoms with E-state index in [1.54, 1.807) is 31.4 Å². The summed E-state index contributed by atoms with van der Waals surface area (Å²) in [6, 6.07) is 8.48. The van der Waals surface area contributed by atoms with Gasteiger partial charge in [-0.25, -0.2) is 4.79 Å². The minimum Gasteiger partial charge on any atom is -0.454 e. The second-order valence-corrected chi connectivity index (χ2v) is 7.22. The quantitative estimate of drug-likeness (QED) is 0.579. The average Bonchev–Trinajstić information content (AvgIpc) is 3.19. The number of amides is 3. The third-order valence-corrected chi connectivity index (χ3v) is 4.62. The number of anilines is 1. The molecule has 9 heteroatoms. The second-order valence-electron chi connectivity index (χ2n) is 6.27. The molecule has 1 aromatic heterocycles. The minimum absolute atomic E-state index is 0.221. The van der Waals surface area contributed by atoms with Gasteiger partial charge in [-0.05, 0) is 41.6 Å². The van der Waals surface area contributed by atoms with Crippen molar-refractivity contribution >= 4 is 40.7 Å². The molecule has 0 bridgehead atoms. The Kier molecular flexibility index (Phi) is 7.28. The Hall–Kier alpha value is -3.20. The molecule has 8 nitrogen and oxygen atoms in total. The van der Waals surface area contributed by atoms with Crippen LogP contribution in [-0.2, 0) is 14.3 Å². The maximum Gasteiger partial charge on any atom is 0.329 e. The molecule has 3 amide bonds. The highest BCUT2D eigenvalue weighted by Crippen LogP contribution is 2.12. The Balaban J connectivity index is 1.88. The number of ether oxygens (including phenoxy) is 1.